The van der Waals surface area contributed by atoms with Crippen molar-refractivity contribution >= 4 is 11.3 Å². The molecule has 2 rings (SSSR count). The molecular weight excluding hydrogens is 170 g/mol. The number of rotatable bonds is 2. The lowest BCUT2D eigenvalue weighted by Gasteiger charge is -2.10. The molecule has 0 fully saturated rings. The number of hydroxylamine groups is 1. The standard InChI is InChI=1S/C9H9NOS/c1-3-8(10-11-5-1)7-9-4-2-6-12-9/h1-6,10H,7H2. The van der Waals surface area contributed by atoms with E-state index in [0.717, 1.165) is 12.1 Å². The van der Waals surface area contributed by atoms with Crippen LogP contribution in [0.1, 0.15) is 4.88 Å². The molecule has 1 aromatic rings. The van der Waals surface area contributed by atoms with Crippen LogP contribution in [0.4, 0.5) is 0 Å². The van der Waals surface area contributed by atoms with Gasteiger partial charge in [0, 0.05) is 11.3 Å². The SMILES string of the molecule is C1=CONC(Cc2cccs2)=C1. The minimum absolute atomic E-state index is 0.919. The molecule has 0 bridgehead atoms. The van der Waals surface area contributed by atoms with Crippen molar-refractivity contribution in [3.8, 4) is 0 Å². The maximum Gasteiger partial charge on any atom is 0.119 e. The van der Waals surface area contributed by atoms with Gasteiger partial charge in [0.05, 0.1) is 5.70 Å². The first kappa shape index (κ1) is 7.43. The second kappa shape index (κ2) is 3.45. The molecule has 0 unspecified atom stereocenters. The van der Waals surface area contributed by atoms with Crippen molar-refractivity contribution in [1.29, 1.82) is 0 Å². The molecule has 0 spiro atoms. The van der Waals surface area contributed by atoms with Crippen LogP contribution in [0.2, 0.25) is 0 Å². The molecule has 0 saturated carbocycles. The van der Waals surface area contributed by atoms with Gasteiger partial charge in [0.1, 0.15) is 6.26 Å². The monoisotopic (exact) mass is 179 g/mol. The number of allylic oxidation sites excluding steroid dienone is 3. The number of hydrogen-bond acceptors (Lipinski definition) is 3. The van der Waals surface area contributed by atoms with Crippen molar-refractivity contribution in [3.05, 3.63) is 46.5 Å². The zero-order valence-corrected chi connectivity index (χ0v) is 7.30. The third-order valence-electron chi connectivity index (χ3n) is 1.58. The maximum atomic E-state index is 4.94. The lowest BCUT2D eigenvalue weighted by atomic mass is 10.2. The Hall–Kier alpha value is -1.22. The molecule has 3 heteroatoms. The van der Waals surface area contributed by atoms with Gasteiger partial charge in [0.2, 0.25) is 0 Å². The van der Waals surface area contributed by atoms with Gasteiger partial charge in [-0.15, -0.1) is 11.3 Å². The summed E-state index contributed by atoms with van der Waals surface area (Å²) in [6.45, 7) is 0. The highest BCUT2D eigenvalue weighted by Crippen LogP contribution is 2.13. The Morgan fingerprint density at radius 2 is 2.50 bits per heavy atom. The molecule has 2 heterocycles. The fourth-order valence-electron chi connectivity index (χ4n) is 1.03. The summed E-state index contributed by atoms with van der Waals surface area (Å²) >= 11 is 1.76. The van der Waals surface area contributed by atoms with E-state index in [9.17, 15) is 0 Å². The number of hydrogen-bond donors (Lipinski definition) is 1. The maximum absolute atomic E-state index is 4.94. The van der Waals surface area contributed by atoms with Crippen LogP contribution in [-0.2, 0) is 11.3 Å². The average molecular weight is 179 g/mol. The smallest absolute Gasteiger partial charge is 0.119 e. The van der Waals surface area contributed by atoms with Gasteiger partial charge in [-0.1, -0.05) is 6.07 Å². The van der Waals surface area contributed by atoms with E-state index in [1.807, 2.05) is 12.2 Å². The summed E-state index contributed by atoms with van der Waals surface area (Å²) in [4.78, 5) is 6.28. The zero-order chi connectivity index (χ0) is 8.23. The summed E-state index contributed by atoms with van der Waals surface area (Å²) in [5, 5.41) is 2.08. The normalized spacial score (nSPS) is 14.8. The van der Waals surface area contributed by atoms with Crippen LogP contribution < -0.4 is 5.48 Å². The first-order valence-electron chi connectivity index (χ1n) is 3.75. The summed E-state index contributed by atoms with van der Waals surface area (Å²) in [7, 11) is 0. The molecule has 1 aromatic heterocycles. The molecule has 0 saturated heterocycles. The Kier molecular flexibility index (Phi) is 2.14. The minimum atomic E-state index is 0.919. The molecule has 1 aliphatic heterocycles. The van der Waals surface area contributed by atoms with E-state index in [2.05, 4.69) is 23.0 Å². The van der Waals surface area contributed by atoms with Crippen LogP contribution >= 0.6 is 11.3 Å². The third kappa shape index (κ3) is 1.68. The first-order valence-corrected chi connectivity index (χ1v) is 4.63. The topological polar surface area (TPSA) is 21.3 Å². The lowest BCUT2D eigenvalue weighted by Crippen LogP contribution is -2.14. The Bertz CT molecular complexity index is 300. The predicted octanol–water partition coefficient (Wildman–Crippen LogP) is 2.22. The molecule has 12 heavy (non-hydrogen) atoms. The summed E-state index contributed by atoms with van der Waals surface area (Å²) in [6.07, 6.45) is 6.45. The quantitative estimate of drug-likeness (QED) is 0.751. The summed E-state index contributed by atoms with van der Waals surface area (Å²) in [6, 6.07) is 4.17. The van der Waals surface area contributed by atoms with E-state index in [1.165, 1.54) is 4.88 Å². The molecule has 62 valence electrons. The van der Waals surface area contributed by atoms with Crippen LogP contribution in [0.25, 0.3) is 0 Å². The average Bonchev–Trinajstić information content (AvgIpc) is 2.59. The van der Waals surface area contributed by atoms with E-state index >= 15 is 0 Å². The van der Waals surface area contributed by atoms with Gasteiger partial charge in [0.25, 0.3) is 0 Å². The van der Waals surface area contributed by atoms with Crippen molar-refractivity contribution in [2.45, 2.75) is 6.42 Å². The predicted molar refractivity (Wildman–Crippen MR) is 49.5 cm³/mol. The fraction of sp³-hybridized carbons (Fsp3) is 0.111. The van der Waals surface area contributed by atoms with Gasteiger partial charge in [-0.25, -0.2) is 5.48 Å². The van der Waals surface area contributed by atoms with E-state index < -0.39 is 0 Å². The van der Waals surface area contributed by atoms with Crippen molar-refractivity contribution in [1.82, 2.24) is 5.48 Å². The molecule has 0 amide bonds. The number of nitrogens with one attached hydrogen (secondary N) is 1. The molecule has 0 aliphatic carbocycles. The van der Waals surface area contributed by atoms with Gasteiger partial charge in [-0.2, -0.15) is 0 Å². The highest BCUT2D eigenvalue weighted by Gasteiger charge is 2.01. The van der Waals surface area contributed by atoms with E-state index in [0.29, 0.717) is 0 Å². The lowest BCUT2D eigenvalue weighted by molar-refractivity contribution is 0.157. The molecule has 0 aromatic carbocycles. The zero-order valence-electron chi connectivity index (χ0n) is 6.49. The summed E-state index contributed by atoms with van der Waals surface area (Å²) in [5.41, 5.74) is 3.94. The van der Waals surface area contributed by atoms with Gasteiger partial charge in [-0.05, 0) is 23.6 Å². The largest absolute Gasteiger partial charge is 0.390 e. The van der Waals surface area contributed by atoms with Crippen LogP contribution in [0.5, 0.6) is 0 Å². The van der Waals surface area contributed by atoms with Crippen molar-refractivity contribution < 1.29 is 4.84 Å². The van der Waals surface area contributed by atoms with Crippen molar-refractivity contribution in [2.24, 2.45) is 0 Å². The van der Waals surface area contributed by atoms with Gasteiger partial charge in [0.15, 0.2) is 0 Å². The number of thiophene rings is 1. The van der Waals surface area contributed by atoms with Crippen LogP contribution in [0.15, 0.2) is 41.6 Å². The molecule has 1 N–H and O–H groups in total. The van der Waals surface area contributed by atoms with Crippen LogP contribution in [0.3, 0.4) is 0 Å². The van der Waals surface area contributed by atoms with Crippen LogP contribution in [-0.4, -0.2) is 0 Å². The Balaban J connectivity index is 2.03. The second-order valence-corrected chi connectivity index (χ2v) is 3.53. The Morgan fingerprint density at radius 3 is 3.17 bits per heavy atom. The highest BCUT2D eigenvalue weighted by molar-refractivity contribution is 7.09. The Morgan fingerprint density at radius 1 is 1.50 bits per heavy atom. The fourth-order valence-corrected chi connectivity index (χ4v) is 1.76. The highest BCUT2D eigenvalue weighted by atomic mass is 32.1. The molecule has 0 atom stereocenters. The second-order valence-electron chi connectivity index (χ2n) is 2.50. The van der Waals surface area contributed by atoms with Crippen LogP contribution in [0, 0.1) is 0 Å². The van der Waals surface area contributed by atoms with Crippen molar-refractivity contribution in [3.63, 3.8) is 0 Å². The van der Waals surface area contributed by atoms with E-state index in [4.69, 9.17) is 4.84 Å². The van der Waals surface area contributed by atoms with Gasteiger partial charge in [-0.3, -0.25) is 0 Å². The summed E-state index contributed by atoms with van der Waals surface area (Å²) < 4.78 is 0. The third-order valence-corrected chi connectivity index (χ3v) is 2.46. The Labute approximate surface area is 75.1 Å². The molecule has 0 radical (unpaired) electrons. The van der Waals surface area contributed by atoms with E-state index in [1.54, 1.807) is 17.6 Å². The summed E-state index contributed by atoms with van der Waals surface area (Å²) in [5.74, 6) is 0. The molecule has 1 aliphatic rings. The first-order chi connectivity index (χ1) is 5.95. The minimum Gasteiger partial charge on any atom is -0.390 e. The van der Waals surface area contributed by atoms with E-state index in [-0.39, 0.29) is 0 Å². The van der Waals surface area contributed by atoms with Gasteiger partial charge >= 0.3 is 0 Å². The van der Waals surface area contributed by atoms with Gasteiger partial charge < -0.3 is 4.84 Å². The molecule has 2 nitrogen and oxygen atoms in total. The van der Waals surface area contributed by atoms with Crippen molar-refractivity contribution in [2.75, 3.05) is 0 Å². The molecular formula is C9H9NOS.